The van der Waals surface area contributed by atoms with Gasteiger partial charge in [0.15, 0.2) is 0 Å². The van der Waals surface area contributed by atoms with Gasteiger partial charge in [-0.15, -0.1) is 5.10 Å². The Labute approximate surface area is 202 Å². The molecule has 184 valence electrons. The highest BCUT2D eigenvalue weighted by molar-refractivity contribution is 5.97. The molecule has 5 rings (SSSR count). The molecule has 1 amide bonds. The van der Waals surface area contributed by atoms with E-state index in [4.69, 9.17) is 4.74 Å². The quantitative estimate of drug-likeness (QED) is 0.348. The predicted octanol–water partition coefficient (Wildman–Crippen LogP) is 5.35. The molecular formula is C25H19F4N5O2. The molecular weight excluding hydrogens is 478 g/mol. The summed E-state index contributed by atoms with van der Waals surface area (Å²) in [5.41, 5.74) is 1.08. The largest absolute Gasteiger partial charge is 0.456 e. The average Bonchev–Trinajstić information content (AvgIpc) is 3.29. The van der Waals surface area contributed by atoms with Gasteiger partial charge in [0.05, 0.1) is 18.1 Å². The summed E-state index contributed by atoms with van der Waals surface area (Å²) in [6, 6.07) is 13.2. The zero-order chi connectivity index (χ0) is 25.3. The van der Waals surface area contributed by atoms with E-state index in [1.54, 1.807) is 48.8 Å². The maximum atomic E-state index is 14.4. The van der Waals surface area contributed by atoms with E-state index in [-0.39, 0.29) is 24.1 Å². The van der Waals surface area contributed by atoms with Crippen molar-refractivity contribution in [2.45, 2.75) is 25.1 Å². The van der Waals surface area contributed by atoms with Crippen LogP contribution in [0.15, 0.2) is 73.2 Å². The number of alkyl halides is 3. The molecule has 1 aliphatic rings. The summed E-state index contributed by atoms with van der Waals surface area (Å²) >= 11 is 0. The lowest BCUT2D eigenvalue weighted by atomic mass is 10.1. The van der Waals surface area contributed by atoms with Crippen molar-refractivity contribution < 1.29 is 27.1 Å². The minimum atomic E-state index is -4.67. The summed E-state index contributed by atoms with van der Waals surface area (Å²) in [5, 5.41) is 8.12. The number of aromatic nitrogens is 4. The summed E-state index contributed by atoms with van der Waals surface area (Å²) in [4.78, 5) is 17.8. The number of halogens is 4. The van der Waals surface area contributed by atoms with Crippen LogP contribution in [0.4, 0.5) is 23.2 Å². The Hall–Kier alpha value is -4.28. The predicted molar refractivity (Wildman–Crippen MR) is 122 cm³/mol. The molecule has 0 saturated carbocycles. The normalized spacial score (nSPS) is 15.9. The molecule has 0 aliphatic carbocycles. The van der Waals surface area contributed by atoms with E-state index in [2.05, 4.69) is 15.3 Å². The number of hydrogen-bond donors (Lipinski definition) is 0. The minimum absolute atomic E-state index is 0.0712. The van der Waals surface area contributed by atoms with Gasteiger partial charge < -0.3 is 9.64 Å². The van der Waals surface area contributed by atoms with Crippen molar-refractivity contribution in [2.24, 2.45) is 0 Å². The van der Waals surface area contributed by atoms with E-state index in [0.717, 1.165) is 0 Å². The number of pyridine rings is 1. The van der Waals surface area contributed by atoms with E-state index < -0.39 is 30.5 Å². The molecule has 36 heavy (non-hydrogen) atoms. The Balaban J connectivity index is 1.40. The van der Waals surface area contributed by atoms with E-state index in [1.165, 1.54) is 29.1 Å². The molecule has 0 radical (unpaired) electrons. The van der Waals surface area contributed by atoms with Crippen molar-refractivity contribution in [3.8, 4) is 22.8 Å². The van der Waals surface area contributed by atoms with Crippen LogP contribution in [0.3, 0.4) is 0 Å². The fourth-order valence-electron chi connectivity index (χ4n) is 4.14. The van der Waals surface area contributed by atoms with E-state index >= 15 is 0 Å². The third-order valence-corrected chi connectivity index (χ3v) is 5.79. The highest BCUT2D eigenvalue weighted by Crippen LogP contribution is 2.35. The standard InChI is InChI=1S/C25H19F4N5O2/c26-20-4-1-5-22-19(20)10-11-23(24(35)33(22)15-25(27,28)29)34-14-21(31-32-34)16-6-8-17(9-7-16)36-18-3-2-12-30-13-18/h1-9,12-14,23H,10-11,15H2. The van der Waals surface area contributed by atoms with Crippen LogP contribution in [-0.4, -0.2) is 38.6 Å². The lowest BCUT2D eigenvalue weighted by molar-refractivity contribution is -0.134. The highest BCUT2D eigenvalue weighted by Gasteiger charge is 2.40. The monoisotopic (exact) mass is 497 g/mol. The second-order valence-corrected chi connectivity index (χ2v) is 8.23. The topological polar surface area (TPSA) is 73.1 Å². The second kappa shape index (κ2) is 9.40. The Morgan fingerprint density at radius 3 is 2.56 bits per heavy atom. The third-order valence-electron chi connectivity index (χ3n) is 5.79. The first-order chi connectivity index (χ1) is 17.3. The molecule has 0 N–H and O–H groups in total. The maximum absolute atomic E-state index is 14.4. The van der Waals surface area contributed by atoms with Gasteiger partial charge in [0.1, 0.15) is 35.6 Å². The van der Waals surface area contributed by atoms with Crippen molar-refractivity contribution in [3.63, 3.8) is 0 Å². The number of ether oxygens (including phenoxy) is 1. The Kier molecular flexibility index (Phi) is 6.13. The highest BCUT2D eigenvalue weighted by atomic mass is 19.4. The molecule has 4 aromatic rings. The average molecular weight is 497 g/mol. The van der Waals surface area contributed by atoms with Gasteiger partial charge >= 0.3 is 6.18 Å². The van der Waals surface area contributed by atoms with Crippen LogP contribution in [0.25, 0.3) is 11.3 Å². The van der Waals surface area contributed by atoms with E-state index in [1.807, 2.05) is 0 Å². The molecule has 2 aromatic heterocycles. The molecule has 0 fully saturated rings. The molecule has 0 spiro atoms. The number of nitrogens with zero attached hydrogens (tertiary/aromatic N) is 5. The zero-order valence-corrected chi connectivity index (χ0v) is 18.7. The molecule has 3 heterocycles. The first-order valence-electron chi connectivity index (χ1n) is 11.0. The smallest absolute Gasteiger partial charge is 0.406 e. The lowest BCUT2D eigenvalue weighted by Crippen LogP contribution is -2.42. The van der Waals surface area contributed by atoms with Gasteiger partial charge in [0.25, 0.3) is 5.91 Å². The lowest BCUT2D eigenvalue weighted by Gasteiger charge is -2.26. The van der Waals surface area contributed by atoms with Crippen molar-refractivity contribution in [1.29, 1.82) is 0 Å². The molecule has 1 aliphatic heterocycles. The number of amides is 1. The Morgan fingerprint density at radius 1 is 1.03 bits per heavy atom. The molecule has 11 heteroatoms. The van der Waals surface area contributed by atoms with Gasteiger partial charge in [-0.25, -0.2) is 9.07 Å². The Morgan fingerprint density at radius 2 is 1.83 bits per heavy atom. The number of carbonyl (C=O) groups is 1. The number of anilines is 1. The van der Waals surface area contributed by atoms with Crippen LogP contribution in [-0.2, 0) is 11.2 Å². The molecule has 1 atom stereocenters. The van der Waals surface area contributed by atoms with E-state index in [9.17, 15) is 22.4 Å². The van der Waals surface area contributed by atoms with Crippen LogP contribution >= 0.6 is 0 Å². The van der Waals surface area contributed by atoms with Crippen LogP contribution in [0.2, 0.25) is 0 Å². The van der Waals surface area contributed by atoms with Crippen molar-refractivity contribution in [3.05, 3.63) is 84.6 Å². The van der Waals surface area contributed by atoms with Gasteiger partial charge in [0.2, 0.25) is 0 Å². The molecule has 0 bridgehead atoms. The number of benzene rings is 2. The summed E-state index contributed by atoms with van der Waals surface area (Å²) in [6.07, 6.45) is 0.189. The first-order valence-corrected chi connectivity index (χ1v) is 11.0. The van der Waals surface area contributed by atoms with E-state index in [0.29, 0.717) is 27.7 Å². The number of rotatable bonds is 5. The molecule has 1 unspecified atom stereocenters. The van der Waals surface area contributed by atoms with Gasteiger partial charge in [0, 0.05) is 17.3 Å². The second-order valence-electron chi connectivity index (χ2n) is 8.23. The summed E-state index contributed by atoms with van der Waals surface area (Å²) in [7, 11) is 0. The van der Waals surface area contributed by atoms with Crippen molar-refractivity contribution >= 4 is 11.6 Å². The summed E-state index contributed by atoms with van der Waals surface area (Å²) in [6.45, 7) is -1.53. The van der Waals surface area contributed by atoms with Crippen LogP contribution in [0.1, 0.15) is 18.0 Å². The van der Waals surface area contributed by atoms with Crippen molar-refractivity contribution in [1.82, 2.24) is 20.0 Å². The Bertz CT molecular complexity index is 1370. The van der Waals surface area contributed by atoms with Gasteiger partial charge in [-0.3, -0.25) is 9.78 Å². The first kappa shape index (κ1) is 23.5. The SMILES string of the molecule is O=C1C(n2cc(-c3ccc(Oc4cccnc4)cc3)nn2)CCc2c(F)cccc2N1CC(F)(F)F. The fourth-order valence-corrected chi connectivity index (χ4v) is 4.14. The number of fused-ring (bicyclic) bond motifs is 1. The fraction of sp³-hybridized carbons (Fsp3) is 0.200. The maximum Gasteiger partial charge on any atom is 0.406 e. The van der Waals surface area contributed by atoms with Crippen LogP contribution < -0.4 is 9.64 Å². The summed E-state index contributed by atoms with van der Waals surface area (Å²) in [5.74, 6) is -0.334. The van der Waals surface area contributed by atoms with Crippen LogP contribution in [0.5, 0.6) is 11.5 Å². The molecule has 0 saturated heterocycles. The number of carbonyl (C=O) groups excluding carboxylic acids is 1. The third kappa shape index (κ3) is 4.90. The zero-order valence-electron chi connectivity index (χ0n) is 18.7. The molecule has 2 aromatic carbocycles. The van der Waals surface area contributed by atoms with Crippen LogP contribution in [0, 0.1) is 5.82 Å². The van der Waals surface area contributed by atoms with Gasteiger partial charge in [-0.05, 0) is 61.4 Å². The number of hydrogen-bond acceptors (Lipinski definition) is 5. The summed E-state index contributed by atoms with van der Waals surface area (Å²) < 4.78 is 61.4. The van der Waals surface area contributed by atoms with Gasteiger partial charge in [-0.1, -0.05) is 11.3 Å². The van der Waals surface area contributed by atoms with Crippen molar-refractivity contribution in [2.75, 3.05) is 11.4 Å². The minimum Gasteiger partial charge on any atom is -0.456 e. The molecule has 7 nitrogen and oxygen atoms in total. The van der Waals surface area contributed by atoms with Gasteiger partial charge in [-0.2, -0.15) is 13.2 Å².